The highest BCUT2D eigenvalue weighted by molar-refractivity contribution is 5.81. The summed E-state index contributed by atoms with van der Waals surface area (Å²) in [5.74, 6) is 1.79. The molecule has 6 nitrogen and oxygen atoms in total. The number of rotatable bonds is 5. The Morgan fingerprint density at radius 2 is 2.12 bits per heavy atom. The van der Waals surface area contributed by atoms with Gasteiger partial charge in [-0.1, -0.05) is 35.5 Å². The van der Waals surface area contributed by atoms with E-state index in [0.29, 0.717) is 18.1 Å². The molecule has 2 fully saturated rings. The molecule has 2 atom stereocenters. The maximum atomic E-state index is 11.9. The molecule has 2 aliphatic rings. The Morgan fingerprint density at radius 3 is 2.88 bits per heavy atom. The Balaban J connectivity index is 1.39. The summed E-state index contributed by atoms with van der Waals surface area (Å²) in [7, 11) is 2.04. The number of aromatic nitrogens is 2. The lowest BCUT2D eigenvalue weighted by Gasteiger charge is -2.14. The first-order valence-electron chi connectivity index (χ1n) is 8.56. The molecule has 1 saturated heterocycles. The summed E-state index contributed by atoms with van der Waals surface area (Å²) < 4.78 is 5.49. The third kappa shape index (κ3) is 3.33. The fourth-order valence-electron chi connectivity index (χ4n) is 3.31. The van der Waals surface area contributed by atoms with Crippen LogP contribution in [0.4, 0.5) is 0 Å². The molecule has 1 N–H and O–H groups in total. The van der Waals surface area contributed by atoms with Crippen molar-refractivity contribution in [2.75, 3.05) is 13.6 Å². The van der Waals surface area contributed by atoms with Crippen molar-refractivity contribution in [3.05, 3.63) is 47.6 Å². The van der Waals surface area contributed by atoms with Crippen molar-refractivity contribution in [1.29, 1.82) is 0 Å². The molecule has 1 saturated carbocycles. The zero-order valence-corrected chi connectivity index (χ0v) is 13.8. The molecule has 1 aromatic heterocycles. The van der Waals surface area contributed by atoms with E-state index in [-0.39, 0.29) is 23.9 Å². The Morgan fingerprint density at radius 1 is 1.33 bits per heavy atom. The van der Waals surface area contributed by atoms with E-state index in [1.165, 1.54) is 5.56 Å². The summed E-state index contributed by atoms with van der Waals surface area (Å²) in [5, 5.41) is 7.26. The minimum absolute atomic E-state index is 0.0755. The first kappa shape index (κ1) is 15.3. The number of likely N-dealkylation sites (tertiary alicyclic amines) is 1. The molecule has 2 unspecified atom stereocenters. The van der Waals surface area contributed by atoms with Crippen LogP contribution in [0.25, 0.3) is 0 Å². The van der Waals surface area contributed by atoms with Gasteiger partial charge in [-0.25, -0.2) is 0 Å². The molecule has 0 radical (unpaired) electrons. The summed E-state index contributed by atoms with van der Waals surface area (Å²) in [5.41, 5.74) is 1.17. The smallest absolute Gasteiger partial charge is 0.244 e. The zero-order chi connectivity index (χ0) is 16.5. The fourth-order valence-corrected chi connectivity index (χ4v) is 3.31. The highest BCUT2D eigenvalue weighted by Crippen LogP contribution is 2.32. The molecule has 2 aromatic rings. The number of carbonyl (C=O) groups excluding carboxylic acids is 1. The molecule has 1 aliphatic carbocycles. The van der Waals surface area contributed by atoms with Crippen LogP contribution in [0.1, 0.15) is 42.6 Å². The average Bonchev–Trinajstić information content (AvgIpc) is 3.24. The summed E-state index contributed by atoms with van der Waals surface area (Å²) >= 11 is 0. The van der Waals surface area contributed by atoms with Gasteiger partial charge in [0.15, 0.2) is 5.82 Å². The van der Waals surface area contributed by atoms with Gasteiger partial charge in [-0.15, -0.1) is 0 Å². The Labute approximate surface area is 141 Å². The van der Waals surface area contributed by atoms with Crippen LogP contribution in [0.5, 0.6) is 0 Å². The summed E-state index contributed by atoms with van der Waals surface area (Å²) in [6.45, 7) is 0.819. The molecular formula is C18H22N4O2. The van der Waals surface area contributed by atoms with Crippen LogP contribution in [-0.2, 0) is 11.2 Å². The Bertz CT molecular complexity index is 711. The van der Waals surface area contributed by atoms with Gasteiger partial charge in [-0.3, -0.25) is 9.69 Å². The van der Waals surface area contributed by atoms with Crippen molar-refractivity contribution in [1.82, 2.24) is 20.4 Å². The van der Waals surface area contributed by atoms with Gasteiger partial charge in [0.2, 0.25) is 11.8 Å². The molecule has 1 aliphatic heterocycles. The van der Waals surface area contributed by atoms with Gasteiger partial charge in [-0.2, -0.15) is 4.98 Å². The van der Waals surface area contributed by atoms with E-state index in [9.17, 15) is 4.79 Å². The lowest BCUT2D eigenvalue weighted by Crippen LogP contribution is -2.37. The molecule has 0 bridgehead atoms. The predicted octanol–water partition coefficient (Wildman–Crippen LogP) is 1.93. The van der Waals surface area contributed by atoms with E-state index >= 15 is 0 Å². The average molecular weight is 326 g/mol. The summed E-state index contributed by atoms with van der Waals surface area (Å²) in [6, 6.07) is 10.4. The van der Waals surface area contributed by atoms with Gasteiger partial charge in [0.25, 0.3) is 0 Å². The van der Waals surface area contributed by atoms with Crippen LogP contribution >= 0.6 is 0 Å². The van der Waals surface area contributed by atoms with E-state index < -0.39 is 0 Å². The third-order valence-electron chi connectivity index (χ3n) is 4.82. The van der Waals surface area contributed by atoms with Crippen molar-refractivity contribution in [2.24, 2.45) is 5.92 Å². The lowest BCUT2D eigenvalue weighted by molar-refractivity contribution is -0.122. The number of carbonyl (C=O) groups is 1. The molecule has 4 rings (SSSR count). The van der Waals surface area contributed by atoms with Gasteiger partial charge in [0.1, 0.15) is 0 Å². The van der Waals surface area contributed by atoms with E-state index in [2.05, 4.69) is 32.5 Å². The molecule has 24 heavy (non-hydrogen) atoms. The highest BCUT2D eigenvalue weighted by atomic mass is 16.5. The number of amides is 1. The van der Waals surface area contributed by atoms with Gasteiger partial charge in [-0.05, 0) is 31.9 Å². The molecule has 1 aromatic carbocycles. The number of benzene rings is 1. The number of nitrogens with zero attached hydrogens (tertiary/aromatic N) is 3. The van der Waals surface area contributed by atoms with Gasteiger partial charge >= 0.3 is 0 Å². The summed E-state index contributed by atoms with van der Waals surface area (Å²) in [6.07, 6.45) is 3.55. The first-order valence-corrected chi connectivity index (χ1v) is 8.56. The van der Waals surface area contributed by atoms with Crippen molar-refractivity contribution in [3.8, 4) is 0 Å². The molecule has 6 heteroatoms. The molecular weight excluding hydrogens is 304 g/mol. The minimum Gasteiger partial charge on any atom is -0.352 e. The van der Waals surface area contributed by atoms with Crippen molar-refractivity contribution in [2.45, 2.75) is 37.8 Å². The van der Waals surface area contributed by atoms with Gasteiger partial charge < -0.3 is 9.84 Å². The normalized spacial score (nSPS) is 24.2. The van der Waals surface area contributed by atoms with Crippen molar-refractivity contribution in [3.63, 3.8) is 0 Å². The van der Waals surface area contributed by atoms with E-state index in [1.54, 1.807) is 0 Å². The molecule has 2 heterocycles. The van der Waals surface area contributed by atoms with Crippen LogP contribution in [0, 0.1) is 5.92 Å². The Hall–Kier alpha value is -2.21. The minimum atomic E-state index is 0.0755. The fraction of sp³-hybridized carbons (Fsp3) is 0.500. The van der Waals surface area contributed by atoms with E-state index in [4.69, 9.17) is 4.52 Å². The van der Waals surface area contributed by atoms with E-state index in [1.807, 2.05) is 25.2 Å². The predicted molar refractivity (Wildman–Crippen MR) is 88.2 cm³/mol. The topological polar surface area (TPSA) is 71.3 Å². The second-order valence-corrected chi connectivity index (χ2v) is 6.88. The zero-order valence-electron chi connectivity index (χ0n) is 13.8. The second kappa shape index (κ2) is 6.36. The van der Waals surface area contributed by atoms with Crippen LogP contribution in [0.3, 0.4) is 0 Å². The van der Waals surface area contributed by atoms with Crippen LogP contribution < -0.4 is 5.32 Å². The maximum Gasteiger partial charge on any atom is 0.244 e. The highest BCUT2D eigenvalue weighted by Gasteiger charge is 2.37. The van der Waals surface area contributed by atoms with Crippen molar-refractivity contribution >= 4 is 5.91 Å². The number of hydrogen-bond acceptors (Lipinski definition) is 5. The largest absolute Gasteiger partial charge is 0.352 e. The first-order chi connectivity index (χ1) is 11.7. The van der Waals surface area contributed by atoms with Crippen molar-refractivity contribution < 1.29 is 9.32 Å². The molecule has 126 valence electrons. The number of nitrogens with one attached hydrogen (secondary N) is 1. The van der Waals surface area contributed by atoms with Crippen LogP contribution in [0.2, 0.25) is 0 Å². The Kier molecular flexibility index (Phi) is 4.06. The van der Waals surface area contributed by atoms with Gasteiger partial charge in [0.05, 0.1) is 6.04 Å². The molecule has 0 spiro atoms. The van der Waals surface area contributed by atoms with E-state index in [0.717, 1.165) is 25.8 Å². The number of hydrogen-bond donors (Lipinski definition) is 1. The lowest BCUT2D eigenvalue weighted by atomic mass is 10.1. The number of likely N-dealkylation sites (N-methyl/N-ethyl adjacent to an activating group) is 1. The second-order valence-electron chi connectivity index (χ2n) is 6.88. The standard InChI is InChI=1S/C18H22N4O2/c1-22-11-14(19-17(23)13-7-8-13)10-15(22)18-20-16(21-24-18)9-12-5-3-2-4-6-12/h2-6,13-15H,7-11H2,1H3,(H,19,23). The molecule has 1 amide bonds. The van der Waals surface area contributed by atoms with Gasteiger partial charge in [0, 0.05) is 24.9 Å². The monoisotopic (exact) mass is 326 g/mol. The van der Waals surface area contributed by atoms with Crippen LogP contribution in [0.15, 0.2) is 34.9 Å². The quantitative estimate of drug-likeness (QED) is 0.909. The maximum absolute atomic E-state index is 11.9. The SMILES string of the molecule is CN1CC(NC(=O)C2CC2)CC1c1nc(Cc2ccccc2)no1. The third-order valence-corrected chi connectivity index (χ3v) is 4.82. The van der Waals surface area contributed by atoms with Crippen LogP contribution in [-0.4, -0.2) is 40.6 Å². The summed E-state index contributed by atoms with van der Waals surface area (Å²) in [4.78, 5) is 18.7.